The van der Waals surface area contributed by atoms with Gasteiger partial charge < -0.3 is 0 Å². The largest absolute Gasteiger partial charge is 0.198 e. The van der Waals surface area contributed by atoms with Crippen molar-refractivity contribution in [2.75, 3.05) is 0 Å². The molecule has 0 spiro atoms. The molecule has 1 heteroatoms. The van der Waals surface area contributed by atoms with Crippen LogP contribution in [0.25, 0.3) is 0 Å². The van der Waals surface area contributed by atoms with Crippen molar-refractivity contribution in [1.82, 2.24) is 0 Å². The molecule has 0 bridgehead atoms. The van der Waals surface area contributed by atoms with Gasteiger partial charge in [0.2, 0.25) is 0 Å². The first-order chi connectivity index (χ1) is 7.83. The SMILES string of the molecule is CCC(C#N)Cc1ccc2c(c1)CCCC2. The average Bonchev–Trinajstić information content (AvgIpc) is 2.35. The average molecular weight is 213 g/mol. The van der Waals surface area contributed by atoms with Gasteiger partial charge in [-0.15, -0.1) is 0 Å². The Morgan fingerprint density at radius 1 is 1.25 bits per heavy atom. The molecule has 84 valence electrons. The summed E-state index contributed by atoms with van der Waals surface area (Å²) in [6.07, 6.45) is 7.00. The van der Waals surface area contributed by atoms with Crippen LogP contribution in [0.5, 0.6) is 0 Å². The zero-order valence-corrected chi connectivity index (χ0v) is 10.00. The van der Waals surface area contributed by atoms with E-state index in [2.05, 4.69) is 31.2 Å². The Labute approximate surface area is 98.1 Å². The Morgan fingerprint density at radius 2 is 2.00 bits per heavy atom. The molecule has 1 aliphatic rings. The summed E-state index contributed by atoms with van der Waals surface area (Å²) >= 11 is 0. The summed E-state index contributed by atoms with van der Waals surface area (Å²) in [5.41, 5.74) is 4.39. The number of fused-ring (bicyclic) bond motifs is 1. The van der Waals surface area contributed by atoms with Crippen molar-refractivity contribution in [2.24, 2.45) is 5.92 Å². The molecule has 0 saturated carbocycles. The molecule has 0 aromatic heterocycles. The molecule has 0 heterocycles. The van der Waals surface area contributed by atoms with Crippen molar-refractivity contribution < 1.29 is 0 Å². The van der Waals surface area contributed by atoms with Crippen LogP contribution in [0.1, 0.15) is 42.9 Å². The molecule has 0 N–H and O–H groups in total. The van der Waals surface area contributed by atoms with Gasteiger partial charge in [-0.05, 0) is 55.2 Å². The van der Waals surface area contributed by atoms with Gasteiger partial charge in [-0.2, -0.15) is 5.26 Å². The van der Waals surface area contributed by atoms with Crippen molar-refractivity contribution in [2.45, 2.75) is 45.4 Å². The lowest BCUT2D eigenvalue weighted by Crippen LogP contribution is -2.05. The van der Waals surface area contributed by atoms with E-state index in [0.717, 1.165) is 12.8 Å². The summed E-state index contributed by atoms with van der Waals surface area (Å²) in [7, 11) is 0. The lowest BCUT2D eigenvalue weighted by Gasteiger charge is -2.17. The number of rotatable bonds is 3. The summed E-state index contributed by atoms with van der Waals surface area (Å²) in [6.45, 7) is 2.09. The van der Waals surface area contributed by atoms with Gasteiger partial charge in [0.25, 0.3) is 0 Å². The molecule has 16 heavy (non-hydrogen) atoms. The number of nitriles is 1. The van der Waals surface area contributed by atoms with Crippen LogP contribution < -0.4 is 0 Å². The minimum Gasteiger partial charge on any atom is -0.198 e. The predicted octanol–water partition coefficient (Wildman–Crippen LogP) is 3.66. The first kappa shape index (κ1) is 11.2. The summed E-state index contributed by atoms with van der Waals surface area (Å²) in [5.74, 6) is 0.182. The van der Waals surface area contributed by atoms with Crippen LogP contribution in [-0.4, -0.2) is 0 Å². The van der Waals surface area contributed by atoms with Crippen molar-refractivity contribution >= 4 is 0 Å². The molecule has 0 fully saturated rings. The van der Waals surface area contributed by atoms with E-state index in [1.807, 2.05) is 0 Å². The Bertz CT molecular complexity index is 400. The molecule has 1 aliphatic carbocycles. The summed E-state index contributed by atoms with van der Waals surface area (Å²) < 4.78 is 0. The highest BCUT2D eigenvalue weighted by molar-refractivity contribution is 5.34. The predicted molar refractivity (Wildman–Crippen MR) is 66.2 cm³/mol. The van der Waals surface area contributed by atoms with E-state index >= 15 is 0 Å². The van der Waals surface area contributed by atoms with Gasteiger partial charge in [-0.1, -0.05) is 25.1 Å². The number of nitrogens with zero attached hydrogens (tertiary/aromatic N) is 1. The smallest absolute Gasteiger partial charge is 0.0659 e. The maximum atomic E-state index is 8.98. The normalized spacial score (nSPS) is 16.2. The zero-order chi connectivity index (χ0) is 11.4. The van der Waals surface area contributed by atoms with Crippen LogP contribution in [0, 0.1) is 17.2 Å². The molecule has 1 nitrogen and oxygen atoms in total. The van der Waals surface area contributed by atoms with Gasteiger partial charge in [0.15, 0.2) is 0 Å². The first-order valence-electron chi connectivity index (χ1n) is 6.33. The van der Waals surface area contributed by atoms with Crippen molar-refractivity contribution in [3.05, 3.63) is 34.9 Å². The molecule has 1 aromatic carbocycles. The Balaban J connectivity index is 2.14. The number of hydrogen-bond donors (Lipinski definition) is 0. The van der Waals surface area contributed by atoms with Crippen LogP contribution in [0.4, 0.5) is 0 Å². The highest BCUT2D eigenvalue weighted by Crippen LogP contribution is 2.23. The number of aryl methyl sites for hydroxylation is 2. The molecule has 1 atom stereocenters. The lowest BCUT2D eigenvalue weighted by molar-refractivity contribution is 0.634. The molecule has 0 radical (unpaired) electrons. The fourth-order valence-corrected chi connectivity index (χ4v) is 2.48. The van der Waals surface area contributed by atoms with Crippen molar-refractivity contribution in [1.29, 1.82) is 5.26 Å². The zero-order valence-electron chi connectivity index (χ0n) is 10.00. The molecule has 2 rings (SSSR count). The van der Waals surface area contributed by atoms with Crippen molar-refractivity contribution in [3.8, 4) is 6.07 Å². The van der Waals surface area contributed by atoms with Gasteiger partial charge in [-0.3, -0.25) is 0 Å². The third kappa shape index (κ3) is 2.44. The third-order valence-corrected chi connectivity index (χ3v) is 3.57. The minimum absolute atomic E-state index is 0.182. The lowest BCUT2D eigenvalue weighted by atomic mass is 9.88. The first-order valence-corrected chi connectivity index (χ1v) is 6.33. The standard InChI is InChI=1S/C15H19N/c1-2-12(11-16)9-13-7-8-14-5-3-4-6-15(14)10-13/h7-8,10,12H,2-6,9H2,1H3. The molecule has 0 aliphatic heterocycles. The monoisotopic (exact) mass is 213 g/mol. The Kier molecular flexibility index (Phi) is 3.62. The molecule has 0 saturated heterocycles. The van der Waals surface area contributed by atoms with Crippen LogP contribution in [0.2, 0.25) is 0 Å². The second kappa shape index (κ2) is 5.16. The van der Waals surface area contributed by atoms with E-state index in [1.165, 1.54) is 42.4 Å². The van der Waals surface area contributed by atoms with Gasteiger partial charge in [0.1, 0.15) is 0 Å². The highest BCUT2D eigenvalue weighted by atomic mass is 14.3. The van der Waals surface area contributed by atoms with Crippen LogP contribution in [0.3, 0.4) is 0 Å². The Morgan fingerprint density at radius 3 is 2.69 bits per heavy atom. The third-order valence-electron chi connectivity index (χ3n) is 3.57. The maximum absolute atomic E-state index is 8.98. The second-order valence-corrected chi connectivity index (χ2v) is 4.75. The van der Waals surface area contributed by atoms with Crippen molar-refractivity contribution in [3.63, 3.8) is 0 Å². The van der Waals surface area contributed by atoms with E-state index in [-0.39, 0.29) is 5.92 Å². The topological polar surface area (TPSA) is 23.8 Å². The van der Waals surface area contributed by atoms with E-state index < -0.39 is 0 Å². The summed E-state index contributed by atoms with van der Waals surface area (Å²) in [4.78, 5) is 0. The molecule has 1 aromatic rings. The maximum Gasteiger partial charge on any atom is 0.0659 e. The summed E-state index contributed by atoms with van der Waals surface area (Å²) in [5, 5.41) is 8.98. The van der Waals surface area contributed by atoms with Crippen LogP contribution >= 0.6 is 0 Å². The quantitative estimate of drug-likeness (QED) is 0.751. The molecule has 1 unspecified atom stereocenters. The fourth-order valence-electron chi connectivity index (χ4n) is 2.48. The fraction of sp³-hybridized carbons (Fsp3) is 0.533. The molecular formula is C15H19N. The van der Waals surface area contributed by atoms with E-state index in [0.29, 0.717) is 0 Å². The highest BCUT2D eigenvalue weighted by Gasteiger charge is 2.11. The van der Waals surface area contributed by atoms with Gasteiger partial charge in [0, 0.05) is 0 Å². The van der Waals surface area contributed by atoms with E-state index in [4.69, 9.17) is 5.26 Å². The van der Waals surface area contributed by atoms with E-state index in [1.54, 1.807) is 0 Å². The molecular weight excluding hydrogens is 194 g/mol. The summed E-state index contributed by atoms with van der Waals surface area (Å²) in [6, 6.07) is 9.19. The van der Waals surface area contributed by atoms with Crippen LogP contribution in [-0.2, 0) is 19.3 Å². The van der Waals surface area contributed by atoms with Crippen LogP contribution in [0.15, 0.2) is 18.2 Å². The second-order valence-electron chi connectivity index (χ2n) is 4.75. The van der Waals surface area contributed by atoms with E-state index in [9.17, 15) is 0 Å². The Hall–Kier alpha value is -1.29. The molecule has 0 amide bonds. The van der Waals surface area contributed by atoms with Gasteiger partial charge in [0.05, 0.1) is 12.0 Å². The number of hydrogen-bond acceptors (Lipinski definition) is 1. The number of benzene rings is 1. The minimum atomic E-state index is 0.182. The van der Waals surface area contributed by atoms with Gasteiger partial charge in [-0.25, -0.2) is 0 Å². The van der Waals surface area contributed by atoms with Gasteiger partial charge >= 0.3 is 0 Å².